The Labute approximate surface area is 430 Å². The van der Waals surface area contributed by atoms with E-state index >= 15 is 0 Å². The van der Waals surface area contributed by atoms with Crippen molar-refractivity contribution < 1.29 is 0 Å². The Morgan fingerprint density at radius 2 is 0.473 bits per heavy atom. The number of anilines is 6. The first-order valence-electron chi connectivity index (χ1n) is 25.5. The minimum atomic E-state index is 1.08. The van der Waals surface area contributed by atoms with Gasteiger partial charge in [-0.3, -0.25) is 0 Å². The van der Waals surface area contributed by atoms with Crippen LogP contribution in [0.1, 0.15) is 0 Å². The quantitative estimate of drug-likeness (QED) is 0.133. The van der Waals surface area contributed by atoms with Crippen LogP contribution in [0.15, 0.2) is 291 Å². The van der Waals surface area contributed by atoms with Crippen molar-refractivity contribution in [3.63, 3.8) is 0 Å². The van der Waals surface area contributed by atoms with Gasteiger partial charge < -0.3 is 9.80 Å². The predicted octanol–water partition coefficient (Wildman–Crippen LogP) is 20.5. The molecule has 0 radical (unpaired) electrons. The fraction of sp³-hybridized carbons (Fsp3) is 0. The van der Waals surface area contributed by atoms with Crippen LogP contribution >= 0.6 is 0 Å². The lowest BCUT2D eigenvalue weighted by Gasteiger charge is -2.28. The van der Waals surface area contributed by atoms with Crippen LogP contribution in [-0.4, -0.2) is 0 Å². The van der Waals surface area contributed by atoms with Gasteiger partial charge in [0.25, 0.3) is 0 Å². The van der Waals surface area contributed by atoms with Gasteiger partial charge in [-0.05, 0) is 183 Å². The van der Waals surface area contributed by atoms with Crippen LogP contribution < -0.4 is 9.80 Å². The minimum Gasteiger partial charge on any atom is -0.310 e. The van der Waals surface area contributed by atoms with Gasteiger partial charge in [0.1, 0.15) is 0 Å². The lowest BCUT2D eigenvalue weighted by Crippen LogP contribution is -2.10. The Bertz CT molecular complexity index is 4430. The van der Waals surface area contributed by atoms with Crippen molar-refractivity contribution in [1.82, 2.24) is 0 Å². The highest BCUT2D eigenvalue weighted by molar-refractivity contribution is 6.23. The Balaban J connectivity index is 1.06. The zero-order chi connectivity index (χ0) is 49.0. The molecule has 0 saturated heterocycles. The summed E-state index contributed by atoms with van der Waals surface area (Å²) < 4.78 is 0. The summed E-state index contributed by atoms with van der Waals surface area (Å²) in [6, 6.07) is 107. The predicted molar refractivity (Wildman–Crippen MR) is 317 cm³/mol. The van der Waals surface area contributed by atoms with Crippen LogP contribution in [0.2, 0.25) is 0 Å². The van der Waals surface area contributed by atoms with E-state index in [1.807, 2.05) is 0 Å². The van der Waals surface area contributed by atoms with E-state index in [1.54, 1.807) is 0 Å². The average Bonchev–Trinajstić information content (AvgIpc) is 3.48. The van der Waals surface area contributed by atoms with Crippen molar-refractivity contribution in [3.8, 4) is 33.4 Å². The van der Waals surface area contributed by atoms with Crippen molar-refractivity contribution in [3.05, 3.63) is 291 Å². The standard InChI is InChI=1S/C72H48N2/c1-3-23-61(24-4-1)73(63-37-35-51-17-9-13-21-57(51)45-63)65-40-42-68-69(47-65)71(54-31-27-53(28-32-54)59-33-29-49-15-7-11-19-55(49)43-59)67-41-39-66(48-70(67)72(68)60-34-30-50-16-8-12-20-56(50)44-60)74(62-25-5-2-6-26-62)64-38-36-52-18-10-14-22-58(52)46-64/h1-48H. The summed E-state index contributed by atoms with van der Waals surface area (Å²) in [7, 11) is 0. The first kappa shape index (κ1) is 43.1. The van der Waals surface area contributed by atoms with Gasteiger partial charge in [-0.1, -0.05) is 206 Å². The number of rotatable bonds is 9. The molecular formula is C72H48N2. The summed E-state index contributed by atoms with van der Waals surface area (Å²) in [4.78, 5) is 4.81. The Morgan fingerprint density at radius 1 is 0.162 bits per heavy atom. The van der Waals surface area contributed by atoms with Gasteiger partial charge in [0.05, 0.1) is 0 Å². The molecule has 0 aromatic heterocycles. The molecule has 0 aliphatic rings. The number of para-hydroxylation sites is 2. The van der Waals surface area contributed by atoms with E-state index in [0.29, 0.717) is 0 Å². The molecule has 0 atom stereocenters. The van der Waals surface area contributed by atoms with Gasteiger partial charge in [-0.2, -0.15) is 0 Å². The van der Waals surface area contributed by atoms with E-state index < -0.39 is 0 Å². The monoisotopic (exact) mass is 940 g/mol. The molecular weight excluding hydrogens is 893 g/mol. The molecule has 14 aromatic rings. The van der Waals surface area contributed by atoms with Gasteiger partial charge in [-0.25, -0.2) is 0 Å². The summed E-state index contributed by atoms with van der Waals surface area (Å²) in [5.74, 6) is 0. The van der Waals surface area contributed by atoms with Crippen molar-refractivity contribution in [2.75, 3.05) is 9.80 Å². The number of benzene rings is 14. The van der Waals surface area contributed by atoms with Gasteiger partial charge in [0.2, 0.25) is 0 Å². The second-order valence-electron chi connectivity index (χ2n) is 19.3. The molecule has 0 aliphatic heterocycles. The van der Waals surface area contributed by atoms with E-state index in [1.165, 1.54) is 92.5 Å². The maximum Gasteiger partial charge on any atom is 0.0468 e. The van der Waals surface area contributed by atoms with Crippen molar-refractivity contribution in [2.45, 2.75) is 0 Å². The number of nitrogens with zero attached hydrogens (tertiary/aromatic N) is 2. The molecule has 0 spiro atoms. The summed E-state index contributed by atoms with van der Waals surface area (Å²) in [5, 5.41) is 14.5. The van der Waals surface area contributed by atoms with Gasteiger partial charge in [0, 0.05) is 34.1 Å². The minimum absolute atomic E-state index is 1.08. The van der Waals surface area contributed by atoms with E-state index in [2.05, 4.69) is 301 Å². The average molecular weight is 941 g/mol. The number of hydrogen-bond donors (Lipinski definition) is 0. The highest BCUT2D eigenvalue weighted by Crippen LogP contribution is 2.49. The molecule has 0 N–H and O–H groups in total. The molecule has 346 valence electrons. The lowest BCUT2D eigenvalue weighted by atomic mass is 9.84. The van der Waals surface area contributed by atoms with Crippen LogP contribution in [0.25, 0.3) is 98.0 Å². The van der Waals surface area contributed by atoms with E-state index in [0.717, 1.165) is 39.7 Å². The van der Waals surface area contributed by atoms with Crippen LogP contribution in [0.4, 0.5) is 34.1 Å². The smallest absolute Gasteiger partial charge is 0.0468 e. The van der Waals surface area contributed by atoms with Crippen LogP contribution in [-0.2, 0) is 0 Å². The Morgan fingerprint density at radius 3 is 0.932 bits per heavy atom. The zero-order valence-corrected chi connectivity index (χ0v) is 40.6. The van der Waals surface area contributed by atoms with Crippen molar-refractivity contribution in [2.24, 2.45) is 0 Å². The highest BCUT2D eigenvalue weighted by Gasteiger charge is 2.23. The van der Waals surface area contributed by atoms with Gasteiger partial charge in [0.15, 0.2) is 0 Å². The van der Waals surface area contributed by atoms with E-state index in [9.17, 15) is 0 Å². The summed E-state index contributed by atoms with van der Waals surface area (Å²) >= 11 is 0. The van der Waals surface area contributed by atoms with Crippen LogP contribution in [0.5, 0.6) is 0 Å². The first-order chi connectivity index (χ1) is 36.7. The molecule has 14 rings (SSSR count). The molecule has 0 amide bonds. The van der Waals surface area contributed by atoms with Gasteiger partial charge >= 0.3 is 0 Å². The SMILES string of the molecule is c1ccc(N(c2ccc3ccccc3c2)c2ccc3c(-c4ccc5ccccc5c4)c4cc(N(c5ccccc5)c5ccc6ccccc6c5)ccc4c(-c4ccc(-c5ccc6ccccc6c5)cc4)c3c2)cc1. The normalized spacial score (nSPS) is 11.5. The maximum absolute atomic E-state index is 2.44. The Hall–Kier alpha value is -9.76. The zero-order valence-electron chi connectivity index (χ0n) is 40.6. The first-order valence-corrected chi connectivity index (χ1v) is 25.5. The van der Waals surface area contributed by atoms with Gasteiger partial charge in [-0.15, -0.1) is 0 Å². The molecule has 0 saturated carbocycles. The molecule has 0 unspecified atom stereocenters. The molecule has 0 fully saturated rings. The third-order valence-electron chi connectivity index (χ3n) is 14.9. The Kier molecular flexibility index (Phi) is 10.6. The number of hydrogen-bond acceptors (Lipinski definition) is 2. The highest BCUT2D eigenvalue weighted by atomic mass is 15.1. The third kappa shape index (κ3) is 7.69. The fourth-order valence-electron chi connectivity index (χ4n) is 11.3. The molecule has 2 nitrogen and oxygen atoms in total. The fourth-order valence-corrected chi connectivity index (χ4v) is 11.3. The molecule has 0 aliphatic carbocycles. The summed E-state index contributed by atoms with van der Waals surface area (Å²) in [5.41, 5.74) is 13.7. The molecule has 74 heavy (non-hydrogen) atoms. The van der Waals surface area contributed by atoms with E-state index in [4.69, 9.17) is 0 Å². The van der Waals surface area contributed by atoms with Crippen LogP contribution in [0, 0.1) is 0 Å². The second-order valence-corrected chi connectivity index (χ2v) is 19.3. The van der Waals surface area contributed by atoms with Crippen molar-refractivity contribution in [1.29, 1.82) is 0 Å². The molecule has 0 heterocycles. The van der Waals surface area contributed by atoms with E-state index in [-0.39, 0.29) is 0 Å². The largest absolute Gasteiger partial charge is 0.310 e. The molecule has 14 aromatic carbocycles. The maximum atomic E-state index is 2.44. The summed E-state index contributed by atoms with van der Waals surface area (Å²) in [6.07, 6.45) is 0. The van der Waals surface area contributed by atoms with Crippen molar-refractivity contribution >= 4 is 98.8 Å². The summed E-state index contributed by atoms with van der Waals surface area (Å²) in [6.45, 7) is 0. The second kappa shape index (κ2) is 18.1. The molecule has 0 bridgehead atoms. The topological polar surface area (TPSA) is 6.48 Å². The lowest BCUT2D eigenvalue weighted by molar-refractivity contribution is 1.29. The molecule has 2 heteroatoms. The van der Waals surface area contributed by atoms with Crippen LogP contribution in [0.3, 0.4) is 0 Å². The number of fused-ring (bicyclic) bond motifs is 6. The third-order valence-corrected chi connectivity index (χ3v) is 14.9.